The molecular weight excluding hydrogens is 397 g/mol. The van der Waals surface area contributed by atoms with Crippen molar-refractivity contribution >= 4 is 21.6 Å². The molecule has 3 rings (SSSR count). The lowest BCUT2D eigenvalue weighted by atomic mass is 10.1. The second kappa shape index (κ2) is 9.45. The number of amides is 1. The molecule has 1 unspecified atom stereocenters. The zero-order valence-electron chi connectivity index (χ0n) is 16.1. The van der Waals surface area contributed by atoms with E-state index in [4.69, 9.17) is 4.74 Å². The lowest BCUT2D eigenvalue weighted by molar-refractivity contribution is -0.114. The molecule has 7 nitrogen and oxygen atoms in total. The summed E-state index contributed by atoms with van der Waals surface area (Å²) in [6.07, 6.45) is -0.0445. The quantitative estimate of drug-likeness (QED) is 0.715. The van der Waals surface area contributed by atoms with E-state index in [9.17, 15) is 17.6 Å². The van der Waals surface area contributed by atoms with Crippen molar-refractivity contribution in [3.05, 3.63) is 59.9 Å². The third-order valence-corrected chi connectivity index (χ3v) is 6.06. The summed E-state index contributed by atoms with van der Waals surface area (Å²) in [4.78, 5) is 13.0. The summed E-state index contributed by atoms with van der Waals surface area (Å²) >= 11 is 0. The normalized spacial score (nSPS) is 17.8. The smallest absolute Gasteiger partial charge is 0.240 e. The molecule has 0 bridgehead atoms. The van der Waals surface area contributed by atoms with E-state index in [-0.39, 0.29) is 23.2 Å². The Kier molecular flexibility index (Phi) is 6.96. The van der Waals surface area contributed by atoms with Crippen LogP contribution in [0.2, 0.25) is 0 Å². The van der Waals surface area contributed by atoms with Gasteiger partial charge >= 0.3 is 0 Å². The van der Waals surface area contributed by atoms with Crippen LogP contribution in [0.5, 0.6) is 0 Å². The highest BCUT2D eigenvalue weighted by Gasteiger charge is 2.22. The summed E-state index contributed by atoms with van der Waals surface area (Å²) in [6, 6.07) is 13.3. The number of rotatable bonds is 7. The zero-order chi connectivity index (χ0) is 20.9. The number of carbonyl (C=O) groups is 1. The molecule has 1 atom stereocenters. The second-order valence-electron chi connectivity index (χ2n) is 6.79. The van der Waals surface area contributed by atoms with E-state index in [1.54, 1.807) is 0 Å². The lowest BCUT2D eigenvalue weighted by Gasteiger charge is -2.33. The highest BCUT2D eigenvalue weighted by atomic mass is 32.2. The average molecular weight is 421 g/mol. The maximum Gasteiger partial charge on any atom is 0.240 e. The number of hydrogen-bond donors (Lipinski definition) is 2. The van der Waals surface area contributed by atoms with Gasteiger partial charge in [0.15, 0.2) is 0 Å². The van der Waals surface area contributed by atoms with Crippen LogP contribution >= 0.6 is 0 Å². The van der Waals surface area contributed by atoms with Crippen molar-refractivity contribution in [3.63, 3.8) is 0 Å². The molecule has 9 heteroatoms. The molecule has 156 valence electrons. The van der Waals surface area contributed by atoms with Crippen molar-refractivity contribution in [2.75, 3.05) is 38.1 Å². The van der Waals surface area contributed by atoms with Crippen molar-refractivity contribution in [1.82, 2.24) is 9.62 Å². The van der Waals surface area contributed by atoms with Gasteiger partial charge in [-0.2, -0.15) is 0 Å². The fraction of sp³-hybridized carbons (Fsp3) is 0.350. The van der Waals surface area contributed by atoms with Gasteiger partial charge in [-0.1, -0.05) is 30.3 Å². The maximum atomic E-state index is 14.0. The Bertz CT molecular complexity index is 953. The third kappa shape index (κ3) is 5.83. The Morgan fingerprint density at radius 2 is 2.00 bits per heavy atom. The first-order chi connectivity index (χ1) is 13.8. The van der Waals surface area contributed by atoms with Crippen LogP contribution in [0.3, 0.4) is 0 Å². The van der Waals surface area contributed by atoms with E-state index in [0.717, 1.165) is 11.6 Å². The summed E-state index contributed by atoms with van der Waals surface area (Å²) in [5.74, 6) is -1.24. The van der Waals surface area contributed by atoms with Crippen molar-refractivity contribution < 1.29 is 22.3 Å². The summed E-state index contributed by atoms with van der Waals surface area (Å²) in [5.41, 5.74) is 1.03. The molecule has 1 saturated heterocycles. The average Bonchev–Trinajstić information content (AvgIpc) is 2.70. The largest absolute Gasteiger partial charge is 0.371 e. The Hall–Kier alpha value is -2.33. The Labute approximate surface area is 169 Å². The van der Waals surface area contributed by atoms with Crippen LogP contribution in [-0.2, 0) is 19.6 Å². The van der Waals surface area contributed by atoms with Crippen LogP contribution in [0.1, 0.15) is 18.6 Å². The minimum Gasteiger partial charge on any atom is -0.371 e. The number of nitrogens with one attached hydrogen (secondary N) is 2. The summed E-state index contributed by atoms with van der Waals surface area (Å²) < 4.78 is 47.2. The number of carbonyl (C=O) groups excluding carboxylic acids is 1. The van der Waals surface area contributed by atoms with Crippen molar-refractivity contribution in [1.29, 1.82) is 0 Å². The second-order valence-corrected chi connectivity index (χ2v) is 8.56. The van der Waals surface area contributed by atoms with Gasteiger partial charge in [-0.15, -0.1) is 0 Å². The van der Waals surface area contributed by atoms with Crippen molar-refractivity contribution in [2.45, 2.75) is 17.9 Å². The molecular formula is C20H24FN3O4S. The Morgan fingerprint density at radius 3 is 2.69 bits per heavy atom. The molecule has 29 heavy (non-hydrogen) atoms. The lowest BCUT2D eigenvalue weighted by Crippen LogP contribution is -2.42. The molecule has 1 heterocycles. The van der Waals surface area contributed by atoms with Crippen LogP contribution in [0.25, 0.3) is 0 Å². The number of hydrogen-bond acceptors (Lipinski definition) is 5. The standard InChI is InChI=1S/C20H24FN3O4S/c1-15(25)23-19-8-7-17(13-18(19)21)29(26,27)22-9-10-24-11-12-28-20(14-24)16-5-3-2-4-6-16/h2-8,13,20,22H,9-12,14H2,1H3,(H,23,25). The topological polar surface area (TPSA) is 87.7 Å². The molecule has 0 spiro atoms. The molecule has 0 aliphatic carbocycles. The van der Waals surface area contributed by atoms with Gasteiger partial charge in [0.25, 0.3) is 0 Å². The van der Waals surface area contributed by atoms with Gasteiger partial charge in [-0.3, -0.25) is 9.69 Å². The van der Waals surface area contributed by atoms with Crippen molar-refractivity contribution in [2.24, 2.45) is 0 Å². The minimum atomic E-state index is -3.86. The molecule has 1 aliphatic heterocycles. The third-order valence-electron chi connectivity index (χ3n) is 4.60. The molecule has 1 aliphatic rings. The fourth-order valence-corrected chi connectivity index (χ4v) is 4.18. The number of nitrogens with zero attached hydrogens (tertiary/aromatic N) is 1. The number of benzene rings is 2. The van der Waals surface area contributed by atoms with Crippen LogP contribution in [0, 0.1) is 5.82 Å². The van der Waals surface area contributed by atoms with E-state index in [1.807, 2.05) is 30.3 Å². The Morgan fingerprint density at radius 1 is 1.24 bits per heavy atom. The molecule has 0 aromatic heterocycles. The zero-order valence-corrected chi connectivity index (χ0v) is 16.9. The van der Waals surface area contributed by atoms with E-state index >= 15 is 0 Å². The van der Waals surface area contributed by atoms with Gasteiger partial charge in [0.05, 0.1) is 23.3 Å². The predicted octanol–water partition coefficient (Wildman–Crippen LogP) is 2.14. The number of ether oxygens (including phenoxy) is 1. The maximum absolute atomic E-state index is 14.0. The van der Waals surface area contributed by atoms with E-state index in [2.05, 4.69) is 14.9 Å². The molecule has 2 N–H and O–H groups in total. The highest BCUT2D eigenvalue weighted by Crippen LogP contribution is 2.22. The molecule has 0 radical (unpaired) electrons. The van der Waals surface area contributed by atoms with E-state index in [0.29, 0.717) is 26.2 Å². The fourth-order valence-electron chi connectivity index (χ4n) is 3.15. The summed E-state index contributed by atoms with van der Waals surface area (Å²) in [7, 11) is -3.86. The molecule has 2 aromatic rings. The molecule has 2 aromatic carbocycles. The number of morpholine rings is 1. The first-order valence-corrected chi connectivity index (χ1v) is 10.8. The van der Waals surface area contributed by atoms with Gasteiger partial charge in [-0.05, 0) is 23.8 Å². The first-order valence-electron chi connectivity index (χ1n) is 9.31. The SMILES string of the molecule is CC(=O)Nc1ccc(S(=O)(=O)NCCN2CCOC(c3ccccc3)C2)cc1F. The molecule has 1 amide bonds. The van der Waals surface area contributed by atoms with Gasteiger partial charge in [0.2, 0.25) is 15.9 Å². The van der Waals surface area contributed by atoms with E-state index < -0.39 is 21.7 Å². The minimum absolute atomic E-state index is 0.0445. The van der Waals surface area contributed by atoms with Crippen LogP contribution in [0.4, 0.5) is 10.1 Å². The number of halogens is 1. The predicted molar refractivity (Wildman–Crippen MR) is 107 cm³/mol. The Balaban J connectivity index is 1.55. The molecule has 1 fully saturated rings. The van der Waals surface area contributed by atoms with Gasteiger partial charge in [-0.25, -0.2) is 17.5 Å². The molecule has 0 saturated carbocycles. The van der Waals surface area contributed by atoms with Crippen LogP contribution < -0.4 is 10.0 Å². The van der Waals surface area contributed by atoms with Crippen LogP contribution in [0.15, 0.2) is 53.4 Å². The first kappa shape index (κ1) is 21.4. The highest BCUT2D eigenvalue weighted by molar-refractivity contribution is 7.89. The number of sulfonamides is 1. The van der Waals surface area contributed by atoms with Gasteiger partial charge in [0, 0.05) is 33.1 Å². The van der Waals surface area contributed by atoms with Crippen molar-refractivity contribution in [3.8, 4) is 0 Å². The number of anilines is 1. The summed E-state index contributed by atoms with van der Waals surface area (Å²) in [5, 5.41) is 2.31. The monoisotopic (exact) mass is 421 g/mol. The summed E-state index contributed by atoms with van der Waals surface area (Å²) in [6.45, 7) is 3.91. The van der Waals surface area contributed by atoms with Gasteiger partial charge < -0.3 is 10.1 Å². The van der Waals surface area contributed by atoms with E-state index in [1.165, 1.54) is 19.1 Å². The van der Waals surface area contributed by atoms with Gasteiger partial charge in [0.1, 0.15) is 5.82 Å². The van der Waals surface area contributed by atoms with Crippen LogP contribution in [-0.4, -0.2) is 52.0 Å².